The quantitative estimate of drug-likeness (QED) is 0.715. The molecule has 2 rings (SSSR count). The van der Waals surface area contributed by atoms with E-state index in [2.05, 4.69) is 42.4 Å². The van der Waals surface area contributed by atoms with E-state index in [4.69, 9.17) is 0 Å². The molecule has 1 aromatic heterocycles. The minimum absolute atomic E-state index is 0. The van der Waals surface area contributed by atoms with Crippen molar-refractivity contribution in [3.8, 4) is 0 Å². The number of benzene rings is 1. The zero-order chi connectivity index (χ0) is 8.39. The van der Waals surface area contributed by atoms with Crippen molar-refractivity contribution in [2.24, 2.45) is 0 Å². The number of hydrogen-bond donors (Lipinski definition) is 1. The third-order valence-corrected chi connectivity index (χ3v) is 2.19. The molecular weight excluding hydrogens is 185 g/mol. The fraction of sp³-hybridized carbons (Fsp3) is 0.273. The summed E-state index contributed by atoms with van der Waals surface area (Å²) in [6, 6.07) is 8.45. The van der Waals surface area contributed by atoms with Gasteiger partial charge in [-0.15, -0.1) is 0 Å². The van der Waals surface area contributed by atoms with Crippen LogP contribution in [0.15, 0.2) is 30.5 Å². The average Bonchev–Trinajstić information content (AvgIpc) is 2.50. The summed E-state index contributed by atoms with van der Waals surface area (Å²) >= 11 is 0. The van der Waals surface area contributed by atoms with E-state index >= 15 is 0 Å². The Kier molecular flexibility index (Phi) is 4.69. The number of para-hydroxylation sites is 1. The zero-order valence-electron chi connectivity index (χ0n) is 7.30. The van der Waals surface area contributed by atoms with Gasteiger partial charge < -0.3 is 4.98 Å². The number of fused-ring (bicyclic) bond motifs is 1. The van der Waals surface area contributed by atoms with Crippen molar-refractivity contribution in [2.45, 2.75) is 19.8 Å². The molecule has 0 atom stereocenters. The molecule has 0 fully saturated rings. The Hall–Kier alpha value is 0.396. The molecule has 0 aliphatic rings. The van der Waals surface area contributed by atoms with E-state index in [0.717, 1.165) is 0 Å². The SMILES string of the molecule is CCCc1c[nH]c2ccccc12.[KH]. The molecule has 1 N–H and O–H groups in total. The number of nitrogens with one attached hydrogen (secondary N) is 1. The van der Waals surface area contributed by atoms with E-state index in [9.17, 15) is 0 Å². The Bertz CT molecular complexity index is 378. The van der Waals surface area contributed by atoms with Crippen molar-refractivity contribution >= 4 is 62.3 Å². The molecule has 1 aromatic carbocycles. The van der Waals surface area contributed by atoms with Gasteiger partial charge in [-0.05, 0) is 18.1 Å². The Balaban J connectivity index is 0.000000845. The van der Waals surface area contributed by atoms with Gasteiger partial charge in [0.15, 0.2) is 0 Å². The second-order valence-corrected chi connectivity index (χ2v) is 3.11. The molecule has 0 bridgehead atoms. The van der Waals surface area contributed by atoms with Crippen molar-refractivity contribution in [2.75, 3.05) is 0 Å². The third-order valence-electron chi connectivity index (χ3n) is 2.19. The zero-order valence-corrected chi connectivity index (χ0v) is 7.30. The Morgan fingerprint density at radius 3 is 2.77 bits per heavy atom. The fourth-order valence-electron chi connectivity index (χ4n) is 1.61. The van der Waals surface area contributed by atoms with Crippen LogP contribution in [-0.4, -0.2) is 56.4 Å². The van der Waals surface area contributed by atoms with Gasteiger partial charge in [0.25, 0.3) is 0 Å². The molecule has 64 valence electrons. The Labute approximate surface area is 121 Å². The summed E-state index contributed by atoms with van der Waals surface area (Å²) in [6.45, 7) is 2.21. The number of aromatic nitrogens is 1. The van der Waals surface area contributed by atoms with Crippen LogP contribution in [0.25, 0.3) is 10.9 Å². The van der Waals surface area contributed by atoms with Crippen molar-refractivity contribution in [1.82, 2.24) is 4.98 Å². The van der Waals surface area contributed by atoms with Crippen LogP contribution in [0.3, 0.4) is 0 Å². The molecular formula is C11H14KN. The van der Waals surface area contributed by atoms with Gasteiger partial charge in [0, 0.05) is 17.1 Å². The molecule has 0 radical (unpaired) electrons. The van der Waals surface area contributed by atoms with Crippen LogP contribution in [0.4, 0.5) is 0 Å². The first kappa shape index (κ1) is 11.5. The van der Waals surface area contributed by atoms with Gasteiger partial charge in [0.1, 0.15) is 0 Å². The van der Waals surface area contributed by atoms with E-state index in [1.807, 2.05) is 0 Å². The van der Waals surface area contributed by atoms with Gasteiger partial charge in [-0.25, -0.2) is 0 Å². The van der Waals surface area contributed by atoms with Crippen LogP contribution in [0, 0.1) is 0 Å². The van der Waals surface area contributed by atoms with Gasteiger partial charge in [0.2, 0.25) is 0 Å². The van der Waals surface area contributed by atoms with Crippen molar-refractivity contribution in [3.05, 3.63) is 36.0 Å². The number of aromatic amines is 1. The molecule has 0 unspecified atom stereocenters. The predicted molar refractivity (Wildman–Crippen MR) is 59.4 cm³/mol. The predicted octanol–water partition coefficient (Wildman–Crippen LogP) is 2.47. The van der Waals surface area contributed by atoms with Crippen LogP contribution in [0.2, 0.25) is 0 Å². The molecule has 0 amide bonds. The standard InChI is InChI=1S/C11H13N.K.H/c1-2-5-9-8-12-11-7-4-3-6-10(9)11;;/h3-4,6-8,12H,2,5H2,1H3;;. The first-order chi connectivity index (χ1) is 5.92. The van der Waals surface area contributed by atoms with Gasteiger partial charge in [0.05, 0.1) is 0 Å². The minimum atomic E-state index is 0. The van der Waals surface area contributed by atoms with Gasteiger partial charge in [-0.1, -0.05) is 31.5 Å². The Morgan fingerprint density at radius 1 is 1.23 bits per heavy atom. The summed E-state index contributed by atoms with van der Waals surface area (Å²) in [4.78, 5) is 3.27. The fourth-order valence-corrected chi connectivity index (χ4v) is 1.61. The summed E-state index contributed by atoms with van der Waals surface area (Å²) in [6.07, 6.45) is 4.50. The van der Waals surface area contributed by atoms with Gasteiger partial charge in [-0.3, -0.25) is 0 Å². The summed E-state index contributed by atoms with van der Waals surface area (Å²) in [5.41, 5.74) is 2.69. The number of rotatable bonds is 2. The molecule has 1 heterocycles. The number of H-pyrrole nitrogens is 1. The molecule has 2 heteroatoms. The van der Waals surface area contributed by atoms with Crippen LogP contribution < -0.4 is 0 Å². The molecule has 0 aliphatic heterocycles. The van der Waals surface area contributed by atoms with Gasteiger partial charge in [-0.2, -0.15) is 0 Å². The molecule has 1 nitrogen and oxygen atoms in total. The maximum atomic E-state index is 3.27. The molecule has 0 aliphatic carbocycles. The molecule has 0 saturated carbocycles. The summed E-state index contributed by atoms with van der Waals surface area (Å²) in [5.74, 6) is 0. The van der Waals surface area contributed by atoms with E-state index in [1.54, 1.807) is 0 Å². The third kappa shape index (κ3) is 2.45. The monoisotopic (exact) mass is 199 g/mol. The first-order valence-corrected chi connectivity index (χ1v) is 4.47. The van der Waals surface area contributed by atoms with E-state index < -0.39 is 0 Å². The summed E-state index contributed by atoms with van der Waals surface area (Å²) < 4.78 is 0. The van der Waals surface area contributed by atoms with E-state index in [0.29, 0.717) is 0 Å². The van der Waals surface area contributed by atoms with E-state index in [-0.39, 0.29) is 51.4 Å². The molecule has 13 heavy (non-hydrogen) atoms. The topological polar surface area (TPSA) is 15.8 Å². The average molecular weight is 199 g/mol. The first-order valence-electron chi connectivity index (χ1n) is 4.47. The van der Waals surface area contributed by atoms with Crippen molar-refractivity contribution in [1.29, 1.82) is 0 Å². The second-order valence-electron chi connectivity index (χ2n) is 3.11. The summed E-state index contributed by atoms with van der Waals surface area (Å²) in [5, 5.41) is 1.37. The van der Waals surface area contributed by atoms with Crippen LogP contribution in [-0.2, 0) is 6.42 Å². The van der Waals surface area contributed by atoms with Crippen LogP contribution in [0.1, 0.15) is 18.9 Å². The normalized spacial score (nSPS) is 9.92. The van der Waals surface area contributed by atoms with Crippen molar-refractivity contribution < 1.29 is 0 Å². The number of aryl methyl sites for hydroxylation is 1. The summed E-state index contributed by atoms with van der Waals surface area (Å²) in [7, 11) is 0. The molecule has 0 spiro atoms. The van der Waals surface area contributed by atoms with Crippen LogP contribution in [0.5, 0.6) is 0 Å². The Morgan fingerprint density at radius 2 is 2.00 bits per heavy atom. The maximum absolute atomic E-state index is 3.27. The molecule has 0 saturated heterocycles. The van der Waals surface area contributed by atoms with Gasteiger partial charge >= 0.3 is 51.4 Å². The van der Waals surface area contributed by atoms with E-state index in [1.165, 1.54) is 29.3 Å². The second kappa shape index (κ2) is 5.32. The molecule has 2 aromatic rings. The number of hydrogen-bond acceptors (Lipinski definition) is 0. The van der Waals surface area contributed by atoms with Crippen LogP contribution >= 0.6 is 0 Å². The van der Waals surface area contributed by atoms with Crippen molar-refractivity contribution in [3.63, 3.8) is 0 Å².